The van der Waals surface area contributed by atoms with Gasteiger partial charge in [0.1, 0.15) is 11.9 Å². The zero-order valence-electron chi connectivity index (χ0n) is 18.1. The molecule has 0 radical (unpaired) electrons. The van der Waals surface area contributed by atoms with Gasteiger partial charge in [0.2, 0.25) is 5.91 Å². The fourth-order valence-corrected chi connectivity index (χ4v) is 5.24. The third kappa shape index (κ3) is 4.72. The Bertz CT molecular complexity index is 948. The highest BCUT2D eigenvalue weighted by molar-refractivity contribution is 6.35. The summed E-state index contributed by atoms with van der Waals surface area (Å²) in [5, 5.41) is 1.13. The smallest absolute Gasteiger partial charge is 0.233 e. The topological polar surface area (TPSA) is 38.8 Å². The molecule has 0 saturated carbocycles. The molecule has 166 valence electrons. The number of carbonyl (C=O) groups excluding carboxylic acids is 1. The summed E-state index contributed by atoms with van der Waals surface area (Å²) in [6, 6.07) is 11.7. The SMILES string of the molecule is Cc1ccc(OC2CCN(C(=O)C3(c4ccc(Cl)cc4Cl)CCOCC3)CC2)cc1C. The van der Waals surface area contributed by atoms with Crippen molar-refractivity contribution in [2.24, 2.45) is 0 Å². The number of carbonyl (C=O) groups is 1. The second-order valence-corrected chi connectivity index (χ2v) is 9.52. The maximum atomic E-state index is 13.8. The molecule has 2 aliphatic heterocycles. The molecule has 0 spiro atoms. The predicted octanol–water partition coefficient (Wildman–Crippen LogP) is 5.73. The largest absolute Gasteiger partial charge is 0.490 e. The lowest BCUT2D eigenvalue weighted by Gasteiger charge is -2.42. The van der Waals surface area contributed by atoms with Crippen molar-refractivity contribution in [2.45, 2.75) is 51.0 Å². The number of ether oxygens (including phenoxy) is 2. The highest BCUT2D eigenvalue weighted by atomic mass is 35.5. The number of aryl methyl sites for hydroxylation is 2. The van der Waals surface area contributed by atoms with E-state index in [9.17, 15) is 4.79 Å². The van der Waals surface area contributed by atoms with E-state index in [1.54, 1.807) is 6.07 Å². The molecule has 2 aromatic rings. The molecule has 0 aliphatic carbocycles. The van der Waals surface area contributed by atoms with Gasteiger partial charge in [-0.15, -0.1) is 0 Å². The van der Waals surface area contributed by atoms with E-state index in [0.29, 0.717) is 49.2 Å². The molecule has 31 heavy (non-hydrogen) atoms. The van der Waals surface area contributed by atoms with E-state index in [1.165, 1.54) is 11.1 Å². The second kappa shape index (κ2) is 9.40. The van der Waals surface area contributed by atoms with Gasteiger partial charge in [0.25, 0.3) is 0 Å². The molecular formula is C25H29Cl2NO3. The third-order valence-corrected chi connectivity index (χ3v) is 7.26. The summed E-state index contributed by atoms with van der Waals surface area (Å²) in [4.78, 5) is 15.8. The number of rotatable bonds is 4. The van der Waals surface area contributed by atoms with Gasteiger partial charge in [-0.1, -0.05) is 35.3 Å². The van der Waals surface area contributed by atoms with Crippen LogP contribution < -0.4 is 4.74 Å². The van der Waals surface area contributed by atoms with Gasteiger partial charge in [0.15, 0.2) is 0 Å². The maximum absolute atomic E-state index is 13.8. The second-order valence-electron chi connectivity index (χ2n) is 8.67. The predicted molar refractivity (Wildman–Crippen MR) is 124 cm³/mol. The van der Waals surface area contributed by atoms with Crippen molar-refractivity contribution in [3.05, 3.63) is 63.1 Å². The average Bonchev–Trinajstić information content (AvgIpc) is 2.77. The molecule has 2 aromatic carbocycles. The average molecular weight is 462 g/mol. The number of nitrogens with zero attached hydrogens (tertiary/aromatic N) is 1. The zero-order valence-corrected chi connectivity index (χ0v) is 19.6. The minimum atomic E-state index is -0.651. The number of piperidine rings is 1. The Morgan fingerprint density at radius 3 is 2.39 bits per heavy atom. The van der Waals surface area contributed by atoms with Crippen molar-refractivity contribution in [3.8, 4) is 5.75 Å². The van der Waals surface area contributed by atoms with Crippen molar-refractivity contribution >= 4 is 29.1 Å². The number of likely N-dealkylation sites (tertiary alicyclic amines) is 1. The van der Waals surface area contributed by atoms with Gasteiger partial charge in [-0.3, -0.25) is 4.79 Å². The standard InChI is InChI=1S/C25H29Cl2NO3/c1-17-3-5-21(15-18(17)2)31-20-7-11-28(12-8-20)24(29)25(9-13-30-14-10-25)22-6-4-19(26)16-23(22)27/h3-6,15-16,20H,7-14H2,1-2H3. The normalized spacial score (nSPS) is 19.3. The van der Waals surface area contributed by atoms with E-state index < -0.39 is 5.41 Å². The van der Waals surface area contributed by atoms with Crippen LogP contribution >= 0.6 is 23.2 Å². The van der Waals surface area contributed by atoms with Crippen LogP contribution in [0.3, 0.4) is 0 Å². The van der Waals surface area contributed by atoms with Crippen LogP contribution in [0.2, 0.25) is 10.0 Å². The van der Waals surface area contributed by atoms with E-state index in [1.807, 2.05) is 23.1 Å². The molecule has 2 saturated heterocycles. The van der Waals surface area contributed by atoms with Crippen LogP contribution in [0.15, 0.2) is 36.4 Å². The van der Waals surface area contributed by atoms with Crippen LogP contribution in [0.5, 0.6) is 5.75 Å². The summed E-state index contributed by atoms with van der Waals surface area (Å²) < 4.78 is 11.8. The van der Waals surface area contributed by atoms with Crippen LogP contribution in [0.25, 0.3) is 0 Å². The summed E-state index contributed by atoms with van der Waals surface area (Å²) in [7, 11) is 0. The molecule has 0 unspecified atom stereocenters. The molecule has 6 heteroatoms. The highest BCUT2D eigenvalue weighted by Crippen LogP contribution is 2.41. The number of benzene rings is 2. The van der Waals surface area contributed by atoms with Crippen molar-refractivity contribution in [1.29, 1.82) is 0 Å². The molecule has 1 amide bonds. The molecule has 2 heterocycles. The van der Waals surface area contributed by atoms with E-state index in [2.05, 4.69) is 26.0 Å². The Morgan fingerprint density at radius 2 is 1.74 bits per heavy atom. The molecule has 0 N–H and O–H groups in total. The minimum Gasteiger partial charge on any atom is -0.490 e. The third-order valence-electron chi connectivity index (χ3n) is 6.71. The van der Waals surface area contributed by atoms with Gasteiger partial charge >= 0.3 is 0 Å². The van der Waals surface area contributed by atoms with Crippen LogP contribution in [-0.2, 0) is 14.9 Å². The number of hydrogen-bond donors (Lipinski definition) is 0. The summed E-state index contributed by atoms with van der Waals surface area (Å²) in [6.45, 7) is 6.67. The zero-order chi connectivity index (χ0) is 22.0. The van der Waals surface area contributed by atoms with Crippen LogP contribution in [0.1, 0.15) is 42.4 Å². The van der Waals surface area contributed by atoms with Crippen molar-refractivity contribution in [3.63, 3.8) is 0 Å². The van der Waals surface area contributed by atoms with Gasteiger partial charge in [-0.25, -0.2) is 0 Å². The first-order valence-electron chi connectivity index (χ1n) is 11.0. The first-order chi connectivity index (χ1) is 14.9. The number of amides is 1. The van der Waals surface area contributed by atoms with Gasteiger partial charge in [0, 0.05) is 49.2 Å². The Hall–Kier alpha value is -1.75. The fourth-order valence-electron chi connectivity index (χ4n) is 4.65. The van der Waals surface area contributed by atoms with Gasteiger partial charge in [0.05, 0.1) is 5.41 Å². The maximum Gasteiger partial charge on any atom is 0.233 e. The lowest BCUT2D eigenvalue weighted by molar-refractivity contribution is -0.143. The first kappa shape index (κ1) is 22.4. The van der Waals surface area contributed by atoms with Crippen molar-refractivity contribution < 1.29 is 14.3 Å². The molecule has 0 bridgehead atoms. The fraction of sp³-hybridized carbons (Fsp3) is 0.480. The van der Waals surface area contributed by atoms with E-state index in [0.717, 1.165) is 24.2 Å². The molecule has 4 nitrogen and oxygen atoms in total. The van der Waals surface area contributed by atoms with Gasteiger partial charge in [-0.2, -0.15) is 0 Å². The molecule has 4 rings (SSSR count). The van der Waals surface area contributed by atoms with E-state index in [4.69, 9.17) is 32.7 Å². The monoisotopic (exact) mass is 461 g/mol. The Morgan fingerprint density at radius 1 is 1.03 bits per heavy atom. The number of halogens is 2. The minimum absolute atomic E-state index is 0.121. The van der Waals surface area contributed by atoms with E-state index >= 15 is 0 Å². The number of hydrogen-bond acceptors (Lipinski definition) is 3. The molecule has 0 atom stereocenters. The summed E-state index contributed by atoms with van der Waals surface area (Å²) in [5.74, 6) is 1.05. The molecule has 2 fully saturated rings. The van der Waals surface area contributed by atoms with Crippen molar-refractivity contribution in [1.82, 2.24) is 4.90 Å². The van der Waals surface area contributed by atoms with Crippen molar-refractivity contribution in [2.75, 3.05) is 26.3 Å². The first-order valence-corrected chi connectivity index (χ1v) is 11.7. The van der Waals surface area contributed by atoms with Crippen LogP contribution in [0.4, 0.5) is 0 Å². The summed E-state index contributed by atoms with van der Waals surface area (Å²) in [6.07, 6.45) is 3.02. The Labute approximate surface area is 194 Å². The summed E-state index contributed by atoms with van der Waals surface area (Å²) >= 11 is 12.7. The lowest BCUT2D eigenvalue weighted by Crippen LogP contribution is -2.53. The van der Waals surface area contributed by atoms with E-state index in [-0.39, 0.29) is 12.0 Å². The van der Waals surface area contributed by atoms with Gasteiger partial charge < -0.3 is 14.4 Å². The summed E-state index contributed by atoms with van der Waals surface area (Å²) in [5.41, 5.74) is 2.70. The lowest BCUT2D eigenvalue weighted by atomic mass is 9.72. The Kier molecular flexibility index (Phi) is 6.80. The quantitative estimate of drug-likeness (QED) is 0.583. The molecule has 2 aliphatic rings. The van der Waals surface area contributed by atoms with Crippen LogP contribution in [0, 0.1) is 13.8 Å². The Balaban J connectivity index is 1.47. The molecular weight excluding hydrogens is 433 g/mol. The van der Waals surface area contributed by atoms with Gasteiger partial charge in [-0.05, 0) is 67.6 Å². The highest BCUT2D eigenvalue weighted by Gasteiger charge is 2.46. The van der Waals surface area contributed by atoms with Crippen LogP contribution in [-0.4, -0.2) is 43.2 Å². The molecule has 0 aromatic heterocycles.